The maximum absolute atomic E-state index is 13.5. The molecule has 0 radical (unpaired) electrons. The van der Waals surface area contributed by atoms with Crippen molar-refractivity contribution < 1.29 is 9.18 Å². The van der Waals surface area contributed by atoms with Gasteiger partial charge in [0, 0.05) is 6.42 Å². The number of hydrogen-bond acceptors (Lipinski definition) is 2. The van der Waals surface area contributed by atoms with E-state index in [-0.39, 0.29) is 18.0 Å². The average molecular weight is 336 g/mol. The van der Waals surface area contributed by atoms with Crippen LogP contribution in [0.25, 0.3) is 0 Å². The molecule has 0 heterocycles. The first-order chi connectivity index (χ1) is 9.43. The minimum absolute atomic E-state index is 0.0836. The number of hydrogen-bond donors (Lipinski definition) is 1. The molecule has 0 fully saturated rings. The van der Waals surface area contributed by atoms with Crippen molar-refractivity contribution in [1.82, 2.24) is 0 Å². The van der Waals surface area contributed by atoms with Gasteiger partial charge in [0.1, 0.15) is 5.82 Å². The molecule has 20 heavy (non-hydrogen) atoms. The molecule has 0 aliphatic rings. The zero-order valence-corrected chi connectivity index (χ0v) is 12.7. The smallest absolute Gasteiger partial charge is 0.161 e. The molecule has 1 unspecified atom stereocenters. The van der Waals surface area contributed by atoms with E-state index >= 15 is 0 Å². The van der Waals surface area contributed by atoms with Crippen molar-refractivity contribution in [2.75, 3.05) is 0 Å². The normalized spacial score (nSPS) is 13.8. The fraction of sp³-hybridized carbons (Fsp3) is 0.188. The predicted octanol–water partition coefficient (Wildman–Crippen LogP) is 3.57. The van der Waals surface area contributed by atoms with Crippen molar-refractivity contribution in [2.45, 2.75) is 18.9 Å². The van der Waals surface area contributed by atoms with E-state index in [0.29, 0.717) is 10.0 Å². The quantitative estimate of drug-likeness (QED) is 0.927. The topological polar surface area (TPSA) is 43.1 Å². The Hall–Kier alpha value is -1.52. The maximum Gasteiger partial charge on any atom is 0.161 e. The third kappa shape index (κ3) is 2.97. The number of rotatable bonds is 4. The Balaban J connectivity index is 2.26. The van der Waals surface area contributed by atoms with Gasteiger partial charge in [-0.05, 0) is 40.0 Å². The van der Waals surface area contributed by atoms with Gasteiger partial charge in [-0.25, -0.2) is 4.39 Å². The van der Waals surface area contributed by atoms with Crippen LogP contribution in [0.15, 0.2) is 53.0 Å². The third-order valence-corrected chi connectivity index (χ3v) is 4.22. The zero-order valence-electron chi connectivity index (χ0n) is 11.1. The third-order valence-electron chi connectivity index (χ3n) is 3.34. The summed E-state index contributed by atoms with van der Waals surface area (Å²) in [5.74, 6) is -0.538. The lowest BCUT2D eigenvalue weighted by Crippen LogP contribution is -2.42. The summed E-state index contributed by atoms with van der Waals surface area (Å²) >= 11 is 3.16. The van der Waals surface area contributed by atoms with Crippen LogP contribution in [-0.2, 0) is 16.8 Å². The summed E-state index contributed by atoms with van der Waals surface area (Å²) in [5.41, 5.74) is 6.42. The number of carbonyl (C=O) groups excluding carboxylic acids is 1. The van der Waals surface area contributed by atoms with Crippen molar-refractivity contribution in [1.29, 1.82) is 0 Å². The van der Waals surface area contributed by atoms with Crippen LogP contribution >= 0.6 is 15.9 Å². The number of Topliss-reactive ketones (excluding diaryl/α,β-unsaturated/α-hetero) is 1. The molecule has 2 N–H and O–H groups in total. The van der Waals surface area contributed by atoms with Crippen LogP contribution in [0.4, 0.5) is 4.39 Å². The highest BCUT2D eigenvalue weighted by Crippen LogP contribution is 2.25. The minimum Gasteiger partial charge on any atom is -0.315 e. The van der Waals surface area contributed by atoms with E-state index in [4.69, 9.17) is 5.73 Å². The van der Waals surface area contributed by atoms with Crippen LogP contribution < -0.4 is 5.73 Å². The van der Waals surface area contributed by atoms with Gasteiger partial charge < -0.3 is 5.73 Å². The fourth-order valence-corrected chi connectivity index (χ4v) is 2.39. The molecule has 0 aliphatic carbocycles. The second kappa shape index (κ2) is 5.85. The van der Waals surface area contributed by atoms with Crippen molar-refractivity contribution in [2.24, 2.45) is 5.73 Å². The first-order valence-electron chi connectivity index (χ1n) is 6.23. The van der Waals surface area contributed by atoms with Crippen molar-refractivity contribution in [3.8, 4) is 0 Å². The van der Waals surface area contributed by atoms with Crippen LogP contribution in [-0.4, -0.2) is 5.78 Å². The Morgan fingerprint density at radius 1 is 1.20 bits per heavy atom. The van der Waals surface area contributed by atoms with Gasteiger partial charge in [0.2, 0.25) is 0 Å². The molecule has 0 bridgehead atoms. The summed E-state index contributed by atoms with van der Waals surface area (Å²) < 4.78 is 13.8. The number of carbonyl (C=O) groups is 1. The van der Waals surface area contributed by atoms with E-state index in [1.54, 1.807) is 19.1 Å². The second-order valence-corrected chi connectivity index (χ2v) is 5.67. The maximum atomic E-state index is 13.5. The van der Waals surface area contributed by atoms with E-state index in [0.717, 1.165) is 5.56 Å². The van der Waals surface area contributed by atoms with Gasteiger partial charge in [-0.15, -0.1) is 0 Å². The summed E-state index contributed by atoms with van der Waals surface area (Å²) in [6.07, 6.45) is 0.0836. The predicted molar refractivity (Wildman–Crippen MR) is 80.8 cm³/mol. The molecule has 1 atom stereocenters. The van der Waals surface area contributed by atoms with Gasteiger partial charge in [-0.3, -0.25) is 4.79 Å². The summed E-state index contributed by atoms with van der Waals surface area (Å²) in [7, 11) is 0. The highest BCUT2D eigenvalue weighted by Gasteiger charge is 2.30. The molecule has 104 valence electrons. The molecule has 2 nitrogen and oxygen atoms in total. The molecule has 2 aromatic carbocycles. The number of ketones is 1. The van der Waals surface area contributed by atoms with Gasteiger partial charge in [0.15, 0.2) is 5.78 Å². The molecular formula is C16H15BrFNO. The Morgan fingerprint density at radius 2 is 1.85 bits per heavy atom. The standard InChI is InChI=1S/C16H15BrFNO/c1-16(19,12-7-3-2-4-8-12)14(20)10-11-6-5-9-13(18)15(11)17/h2-9H,10,19H2,1H3. The van der Waals surface area contributed by atoms with Crippen LogP contribution in [0, 0.1) is 5.82 Å². The lowest BCUT2D eigenvalue weighted by atomic mass is 9.86. The number of benzene rings is 2. The molecule has 0 aromatic heterocycles. The van der Waals surface area contributed by atoms with Crippen molar-refractivity contribution >= 4 is 21.7 Å². The highest BCUT2D eigenvalue weighted by molar-refractivity contribution is 9.10. The summed E-state index contributed by atoms with van der Waals surface area (Å²) in [4.78, 5) is 12.4. The average Bonchev–Trinajstić information content (AvgIpc) is 2.44. The molecule has 0 aliphatic heterocycles. The highest BCUT2D eigenvalue weighted by atomic mass is 79.9. The zero-order chi connectivity index (χ0) is 14.8. The number of halogens is 2. The Kier molecular flexibility index (Phi) is 4.35. The Labute approximate surface area is 125 Å². The second-order valence-electron chi connectivity index (χ2n) is 4.88. The van der Waals surface area contributed by atoms with E-state index in [9.17, 15) is 9.18 Å². The molecule has 0 saturated carbocycles. The van der Waals surface area contributed by atoms with E-state index in [2.05, 4.69) is 15.9 Å². The molecule has 2 rings (SSSR count). The largest absolute Gasteiger partial charge is 0.315 e. The van der Waals surface area contributed by atoms with E-state index < -0.39 is 5.54 Å². The molecule has 0 spiro atoms. The lowest BCUT2D eigenvalue weighted by Gasteiger charge is -2.24. The van der Waals surface area contributed by atoms with Crippen molar-refractivity contribution in [3.63, 3.8) is 0 Å². The molecular weight excluding hydrogens is 321 g/mol. The van der Waals surface area contributed by atoms with Crippen LogP contribution in [0.2, 0.25) is 0 Å². The summed E-state index contributed by atoms with van der Waals surface area (Å²) in [5, 5.41) is 0. The monoisotopic (exact) mass is 335 g/mol. The Morgan fingerprint density at radius 3 is 2.50 bits per heavy atom. The summed E-state index contributed by atoms with van der Waals surface area (Å²) in [6.45, 7) is 1.68. The molecule has 0 amide bonds. The van der Waals surface area contributed by atoms with Crippen LogP contribution in [0.3, 0.4) is 0 Å². The van der Waals surface area contributed by atoms with Crippen LogP contribution in [0.5, 0.6) is 0 Å². The molecule has 2 aromatic rings. The van der Waals surface area contributed by atoms with Gasteiger partial charge >= 0.3 is 0 Å². The van der Waals surface area contributed by atoms with Gasteiger partial charge in [-0.1, -0.05) is 42.5 Å². The number of nitrogens with two attached hydrogens (primary N) is 1. The fourth-order valence-electron chi connectivity index (χ4n) is 1.99. The Bertz CT molecular complexity index is 626. The summed E-state index contributed by atoms with van der Waals surface area (Å²) in [6, 6.07) is 13.8. The molecule has 4 heteroatoms. The van der Waals surface area contributed by atoms with Crippen LogP contribution in [0.1, 0.15) is 18.1 Å². The van der Waals surface area contributed by atoms with E-state index in [1.807, 2.05) is 30.3 Å². The first-order valence-corrected chi connectivity index (χ1v) is 7.03. The van der Waals surface area contributed by atoms with Gasteiger partial charge in [0.05, 0.1) is 10.0 Å². The van der Waals surface area contributed by atoms with Gasteiger partial charge in [0.25, 0.3) is 0 Å². The molecule has 0 saturated heterocycles. The van der Waals surface area contributed by atoms with E-state index in [1.165, 1.54) is 6.07 Å². The van der Waals surface area contributed by atoms with Gasteiger partial charge in [-0.2, -0.15) is 0 Å². The minimum atomic E-state index is -1.09. The first kappa shape index (κ1) is 14.9. The lowest BCUT2D eigenvalue weighted by molar-refractivity contribution is -0.123. The van der Waals surface area contributed by atoms with Crippen molar-refractivity contribution in [3.05, 3.63) is 69.9 Å². The SMILES string of the molecule is CC(N)(C(=O)Cc1cccc(F)c1Br)c1ccccc1.